The predicted octanol–water partition coefficient (Wildman–Crippen LogP) is 4.28. The summed E-state index contributed by atoms with van der Waals surface area (Å²) in [4.78, 5) is 34.3. The van der Waals surface area contributed by atoms with Crippen LogP contribution in [0.3, 0.4) is 0 Å². The molecule has 15 heteroatoms. The van der Waals surface area contributed by atoms with Crippen molar-refractivity contribution < 1.29 is 18.0 Å². The summed E-state index contributed by atoms with van der Waals surface area (Å²) in [7, 11) is 0. The van der Waals surface area contributed by atoms with Crippen molar-refractivity contribution in [3.05, 3.63) is 75.3 Å². The molecule has 1 N–H and O–H groups in total. The topological polar surface area (TPSA) is 113 Å². The van der Waals surface area contributed by atoms with Gasteiger partial charge in [-0.05, 0) is 49.2 Å². The Labute approximate surface area is 235 Å². The maximum absolute atomic E-state index is 14.1. The number of pyridine rings is 1. The van der Waals surface area contributed by atoms with Gasteiger partial charge in [-0.1, -0.05) is 36.0 Å². The number of carbonyl (C=O) groups is 1. The number of aromatic nitrogens is 7. The Hall–Kier alpha value is -3.71. The molecule has 1 atom stereocenters. The average Bonchev–Trinajstić information content (AvgIpc) is 3.67. The van der Waals surface area contributed by atoms with Gasteiger partial charge in [0, 0.05) is 22.7 Å². The number of rotatable bonds is 8. The van der Waals surface area contributed by atoms with Crippen molar-refractivity contribution in [1.82, 2.24) is 39.4 Å². The van der Waals surface area contributed by atoms with Crippen molar-refractivity contribution in [3.63, 3.8) is 0 Å². The maximum atomic E-state index is 14.1. The Balaban J connectivity index is 1.48. The van der Waals surface area contributed by atoms with Crippen LogP contribution in [0.2, 0.25) is 10.0 Å². The number of hydrogen-bond donors (Lipinski definition) is 1. The largest absolute Gasteiger partial charge is 0.410 e. The minimum absolute atomic E-state index is 0.0294. The van der Waals surface area contributed by atoms with Gasteiger partial charge in [0.1, 0.15) is 18.9 Å². The molecule has 1 aromatic carbocycles. The summed E-state index contributed by atoms with van der Waals surface area (Å²) in [6.45, 7) is -1.11. The summed E-state index contributed by atoms with van der Waals surface area (Å²) >= 11 is 12.2. The zero-order chi connectivity index (χ0) is 28.4. The number of nitrogens with zero attached hydrogens (tertiary/aromatic N) is 7. The lowest BCUT2D eigenvalue weighted by Gasteiger charge is -2.24. The molecular weight excluding hydrogens is 572 g/mol. The Morgan fingerprint density at radius 2 is 1.80 bits per heavy atom. The number of carbonyl (C=O) groups excluding carboxylic acids is 1. The third-order valence-corrected chi connectivity index (χ3v) is 7.16. The molecule has 210 valence electrons. The molecule has 4 aromatic rings. The second-order valence-corrected chi connectivity index (χ2v) is 10.2. The van der Waals surface area contributed by atoms with Gasteiger partial charge in [-0.2, -0.15) is 13.2 Å². The highest BCUT2D eigenvalue weighted by molar-refractivity contribution is 6.32. The third kappa shape index (κ3) is 6.04. The van der Waals surface area contributed by atoms with Gasteiger partial charge < -0.3 is 5.32 Å². The molecule has 40 heavy (non-hydrogen) atoms. The van der Waals surface area contributed by atoms with E-state index < -0.39 is 36.3 Å². The summed E-state index contributed by atoms with van der Waals surface area (Å²) in [5, 5.41) is 11.4. The molecule has 1 amide bonds. The third-order valence-electron chi connectivity index (χ3n) is 6.61. The second kappa shape index (κ2) is 11.4. The molecule has 3 heterocycles. The number of hydrogen-bond acceptors (Lipinski definition) is 6. The Morgan fingerprint density at radius 3 is 2.48 bits per heavy atom. The van der Waals surface area contributed by atoms with E-state index in [4.69, 9.17) is 23.2 Å². The zero-order valence-electron chi connectivity index (χ0n) is 20.9. The van der Waals surface area contributed by atoms with E-state index in [1.165, 1.54) is 29.3 Å². The second-order valence-electron chi connectivity index (χ2n) is 9.38. The van der Waals surface area contributed by atoms with Crippen molar-refractivity contribution in [2.45, 2.75) is 51.0 Å². The Bertz CT molecular complexity index is 1560. The smallest absolute Gasteiger partial charge is 0.343 e. The van der Waals surface area contributed by atoms with Gasteiger partial charge in [-0.3, -0.25) is 9.36 Å². The van der Waals surface area contributed by atoms with Crippen molar-refractivity contribution in [1.29, 1.82) is 0 Å². The van der Waals surface area contributed by atoms with Crippen molar-refractivity contribution in [2.24, 2.45) is 5.92 Å². The van der Waals surface area contributed by atoms with Crippen molar-refractivity contribution >= 4 is 29.1 Å². The van der Waals surface area contributed by atoms with E-state index in [1.54, 1.807) is 24.3 Å². The molecule has 1 aliphatic carbocycles. The quantitative estimate of drug-likeness (QED) is 0.326. The Morgan fingerprint density at radius 1 is 1.07 bits per heavy atom. The first-order valence-electron chi connectivity index (χ1n) is 12.4. The first kappa shape index (κ1) is 27.8. The zero-order valence-corrected chi connectivity index (χ0v) is 22.4. The molecule has 0 aliphatic heterocycles. The van der Waals surface area contributed by atoms with Gasteiger partial charge in [0.2, 0.25) is 5.91 Å². The minimum atomic E-state index is -4.81. The lowest BCUT2D eigenvalue weighted by atomic mass is 10.1. The van der Waals surface area contributed by atoms with Crippen LogP contribution in [0.5, 0.6) is 0 Å². The molecule has 0 bridgehead atoms. The van der Waals surface area contributed by atoms with E-state index in [1.807, 2.05) is 0 Å². The van der Waals surface area contributed by atoms with Crippen molar-refractivity contribution in [2.75, 3.05) is 0 Å². The SMILES string of the molecule is O=C(NC(Cn1c(-c2ccc(Cl)cc2)nn(Cc2ncn(-c3ncccc3Cl)n2)c1=O)C(F)(F)F)C1CCCC1. The minimum Gasteiger partial charge on any atom is -0.343 e. The monoisotopic (exact) mass is 594 g/mol. The molecule has 0 spiro atoms. The normalized spacial score (nSPS) is 14.9. The molecule has 10 nitrogen and oxygen atoms in total. The molecule has 0 radical (unpaired) electrons. The van der Waals surface area contributed by atoms with Crippen LogP contribution >= 0.6 is 23.2 Å². The number of amides is 1. The summed E-state index contributed by atoms with van der Waals surface area (Å²) in [6, 6.07) is 7.13. The van der Waals surface area contributed by atoms with Crippen LogP contribution in [0, 0.1) is 5.92 Å². The van der Waals surface area contributed by atoms with Crippen LogP contribution < -0.4 is 11.0 Å². The number of halogens is 5. The average molecular weight is 595 g/mol. The van der Waals surface area contributed by atoms with Gasteiger partial charge in [0.15, 0.2) is 17.5 Å². The summed E-state index contributed by atoms with van der Waals surface area (Å²) in [6.07, 6.45) is 0.715. The first-order chi connectivity index (χ1) is 19.1. The van der Waals surface area contributed by atoms with E-state index in [9.17, 15) is 22.8 Å². The van der Waals surface area contributed by atoms with Gasteiger partial charge in [-0.25, -0.2) is 24.1 Å². The molecule has 1 saturated carbocycles. The van der Waals surface area contributed by atoms with Crippen molar-refractivity contribution in [3.8, 4) is 17.2 Å². The van der Waals surface area contributed by atoms with E-state index in [2.05, 4.69) is 25.5 Å². The summed E-state index contributed by atoms with van der Waals surface area (Å²) in [5.41, 5.74) is -0.469. The van der Waals surface area contributed by atoms with Gasteiger partial charge >= 0.3 is 11.9 Å². The van der Waals surface area contributed by atoms with E-state index >= 15 is 0 Å². The van der Waals surface area contributed by atoms with Crippen LogP contribution in [0.1, 0.15) is 31.5 Å². The number of alkyl halides is 3. The lowest BCUT2D eigenvalue weighted by molar-refractivity contribution is -0.165. The standard InChI is InChI=1S/C25H23Cl2F3N8O2/c26-17-9-7-15(8-10-17)21-35-37(13-20-32-14-38(34-20)22-18(27)6-3-11-31-22)24(40)36(21)12-19(25(28,29)30)33-23(39)16-4-1-2-5-16/h3,6-11,14,16,19H,1-2,4-5,12-13H2,(H,33,39). The van der Waals surface area contributed by atoms with Crippen LogP contribution in [-0.4, -0.2) is 52.2 Å². The fraction of sp³-hybridized carbons (Fsp3) is 0.360. The van der Waals surface area contributed by atoms with Gasteiger partial charge in [-0.15, -0.1) is 10.2 Å². The lowest BCUT2D eigenvalue weighted by Crippen LogP contribution is -2.50. The molecule has 1 unspecified atom stereocenters. The molecule has 1 aliphatic rings. The molecular formula is C25H23Cl2F3N8O2. The molecule has 3 aromatic heterocycles. The fourth-order valence-corrected chi connectivity index (χ4v) is 4.90. The van der Waals surface area contributed by atoms with Crippen LogP contribution in [0.4, 0.5) is 13.2 Å². The highest BCUT2D eigenvalue weighted by Gasteiger charge is 2.43. The van der Waals surface area contributed by atoms with E-state index in [0.717, 1.165) is 22.1 Å². The predicted molar refractivity (Wildman–Crippen MR) is 140 cm³/mol. The first-order valence-corrected chi connectivity index (χ1v) is 13.2. The van der Waals surface area contributed by atoms with E-state index in [-0.39, 0.29) is 18.2 Å². The van der Waals surface area contributed by atoms with Crippen LogP contribution in [0.25, 0.3) is 17.2 Å². The highest BCUT2D eigenvalue weighted by atomic mass is 35.5. The Kier molecular flexibility index (Phi) is 7.95. The summed E-state index contributed by atoms with van der Waals surface area (Å²) < 4.78 is 45.5. The summed E-state index contributed by atoms with van der Waals surface area (Å²) in [5.74, 6) is -0.713. The molecule has 0 saturated heterocycles. The van der Waals surface area contributed by atoms with Gasteiger partial charge in [0.25, 0.3) is 0 Å². The van der Waals surface area contributed by atoms with Gasteiger partial charge in [0.05, 0.1) is 11.6 Å². The molecule has 1 fully saturated rings. The molecule has 5 rings (SSSR count). The van der Waals surface area contributed by atoms with Crippen LogP contribution in [0.15, 0.2) is 53.7 Å². The number of benzene rings is 1. The van der Waals surface area contributed by atoms with Crippen LogP contribution in [-0.2, 0) is 17.9 Å². The number of nitrogens with one attached hydrogen (secondary N) is 1. The maximum Gasteiger partial charge on any atom is 0.410 e. The van der Waals surface area contributed by atoms with E-state index in [0.29, 0.717) is 34.3 Å². The fourth-order valence-electron chi connectivity index (χ4n) is 4.56. The highest BCUT2D eigenvalue weighted by Crippen LogP contribution is 2.28.